The molecule has 2 aromatic rings. The fourth-order valence-corrected chi connectivity index (χ4v) is 2.65. The van der Waals surface area contributed by atoms with Crippen molar-refractivity contribution < 1.29 is 9.72 Å². The first-order valence-electron chi connectivity index (χ1n) is 6.23. The molecule has 0 spiro atoms. The molecule has 0 aromatic heterocycles. The summed E-state index contributed by atoms with van der Waals surface area (Å²) >= 11 is 11.9. The highest BCUT2D eigenvalue weighted by Gasteiger charge is 2.28. The van der Waals surface area contributed by atoms with Gasteiger partial charge in [-0.1, -0.05) is 41.4 Å². The van der Waals surface area contributed by atoms with Gasteiger partial charge in [0.1, 0.15) is 5.02 Å². The first-order valence-corrected chi connectivity index (χ1v) is 6.99. The van der Waals surface area contributed by atoms with Crippen LogP contribution in [0.15, 0.2) is 36.4 Å². The number of rotatable bonds is 2. The van der Waals surface area contributed by atoms with Crippen LogP contribution in [0, 0.1) is 10.1 Å². The third-order valence-corrected chi connectivity index (χ3v) is 3.92. The van der Waals surface area contributed by atoms with Gasteiger partial charge in [0.2, 0.25) is 0 Å². The molecule has 0 fully saturated rings. The lowest BCUT2D eigenvalue weighted by molar-refractivity contribution is -0.384. The van der Waals surface area contributed by atoms with E-state index in [9.17, 15) is 14.9 Å². The zero-order chi connectivity index (χ0) is 15.9. The second-order valence-electron chi connectivity index (χ2n) is 4.64. The number of anilines is 1. The fraction of sp³-hybridized carbons (Fsp3) is 0. The van der Waals surface area contributed by atoms with Crippen molar-refractivity contribution in [3.63, 3.8) is 0 Å². The van der Waals surface area contributed by atoms with Crippen LogP contribution in [0.5, 0.6) is 0 Å². The van der Waals surface area contributed by atoms with Gasteiger partial charge in [-0.15, -0.1) is 0 Å². The van der Waals surface area contributed by atoms with Crippen LogP contribution in [0.2, 0.25) is 10.0 Å². The predicted molar refractivity (Wildman–Crippen MR) is 86.1 cm³/mol. The van der Waals surface area contributed by atoms with Gasteiger partial charge in [-0.2, -0.15) is 0 Å². The quantitative estimate of drug-likeness (QED) is 0.502. The van der Waals surface area contributed by atoms with E-state index in [1.807, 2.05) is 0 Å². The first kappa shape index (κ1) is 14.6. The van der Waals surface area contributed by atoms with Gasteiger partial charge in [0.05, 0.1) is 10.6 Å². The Bertz CT molecular complexity index is 847. The largest absolute Gasteiger partial charge is 0.321 e. The normalized spacial score (nSPS) is 14.8. The van der Waals surface area contributed by atoms with Crippen LogP contribution in [0.1, 0.15) is 11.1 Å². The van der Waals surface area contributed by atoms with E-state index in [4.69, 9.17) is 23.2 Å². The molecule has 5 nitrogen and oxygen atoms in total. The monoisotopic (exact) mass is 334 g/mol. The van der Waals surface area contributed by atoms with Gasteiger partial charge in [0, 0.05) is 22.2 Å². The number of hydrogen-bond donors (Lipinski definition) is 1. The van der Waals surface area contributed by atoms with Crippen molar-refractivity contribution in [3.05, 3.63) is 67.7 Å². The number of carbonyl (C=O) groups excluding carboxylic acids is 1. The average molecular weight is 335 g/mol. The van der Waals surface area contributed by atoms with Crippen molar-refractivity contribution in [2.24, 2.45) is 0 Å². The summed E-state index contributed by atoms with van der Waals surface area (Å²) in [6.07, 6.45) is 1.60. The standard InChI is InChI=1S/C15H8Cl2N2O3/c16-11-4-2-1-3-8(11)5-10-9-6-14(19(21)22)12(17)7-13(9)18-15(10)20/h1-7H,(H,18,20)/b10-5+. The molecule has 1 heterocycles. The fourth-order valence-electron chi connectivity index (χ4n) is 2.23. The molecule has 2 aromatic carbocycles. The zero-order valence-electron chi connectivity index (χ0n) is 11.0. The molecule has 22 heavy (non-hydrogen) atoms. The van der Waals surface area contributed by atoms with E-state index in [0.29, 0.717) is 27.4 Å². The van der Waals surface area contributed by atoms with E-state index >= 15 is 0 Å². The Morgan fingerprint density at radius 2 is 1.86 bits per heavy atom. The minimum atomic E-state index is -0.585. The predicted octanol–water partition coefficient (Wildman–Crippen LogP) is 4.39. The van der Waals surface area contributed by atoms with E-state index in [-0.39, 0.29) is 16.6 Å². The number of hydrogen-bond acceptors (Lipinski definition) is 3. The Hall–Kier alpha value is -2.37. The lowest BCUT2D eigenvalue weighted by Gasteiger charge is -2.02. The van der Waals surface area contributed by atoms with Gasteiger partial charge in [-0.25, -0.2) is 0 Å². The molecule has 0 unspecified atom stereocenters. The van der Waals surface area contributed by atoms with E-state index in [1.165, 1.54) is 12.1 Å². The Morgan fingerprint density at radius 3 is 2.55 bits per heavy atom. The van der Waals surface area contributed by atoms with Crippen molar-refractivity contribution in [1.29, 1.82) is 0 Å². The van der Waals surface area contributed by atoms with Crippen molar-refractivity contribution in [2.45, 2.75) is 0 Å². The van der Waals surface area contributed by atoms with E-state index in [0.717, 1.165) is 0 Å². The van der Waals surface area contributed by atoms with Crippen LogP contribution in [0.3, 0.4) is 0 Å². The topological polar surface area (TPSA) is 72.2 Å². The SMILES string of the molecule is O=C1Nc2cc(Cl)c([N+](=O)[O-])cc2/C1=C\c1ccccc1Cl. The van der Waals surface area contributed by atoms with Gasteiger partial charge in [-0.05, 0) is 23.8 Å². The van der Waals surface area contributed by atoms with Gasteiger partial charge < -0.3 is 5.32 Å². The molecule has 0 aliphatic carbocycles. The maximum absolute atomic E-state index is 12.1. The third kappa shape index (κ3) is 2.45. The van der Waals surface area contributed by atoms with Crippen molar-refractivity contribution in [2.75, 3.05) is 5.32 Å². The molecule has 0 radical (unpaired) electrons. The number of halogens is 2. The van der Waals surface area contributed by atoms with E-state index in [1.54, 1.807) is 30.3 Å². The molecule has 0 bridgehead atoms. The highest BCUT2D eigenvalue weighted by atomic mass is 35.5. The smallest absolute Gasteiger partial charge is 0.288 e. The van der Waals surface area contributed by atoms with Crippen LogP contribution < -0.4 is 5.32 Å². The zero-order valence-corrected chi connectivity index (χ0v) is 12.5. The molecule has 0 saturated carbocycles. The molecule has 0 saturated heterocycles. The van der Waals surface area contributed by atoms with Gasteiger partial charge in [-0.3, -0.25) is 14.9 Å². The average Bonchev–Trinajstić information content (AvgIpc) is 2.75. The lowest BCUT2D eigenvalue weighted by atomic mass is 10.0. The Morgan fingerprint density at radius 1 is 1.14 bits per heavy atom. The minimum absolute atomic E-state index is 0.0250. The molecule has 3 rings (SSSR count). The lowest BCUT2D eigenvalue weighted by Crippen LogP contribution is -2.03. The number of nitrogens with zero attached hydrogens (tertiary/aromatic N) is 1. The summed E-state index contributed by atoms with van der Waals surface area (Å²) in [5, 5.41) is 14.1. The molecule has 1 aliphatic heterocycles. The molecular weight excluding hydrogens is 327 g/mol. The van der Waals surface area contributed by atoms with Crippen LogP contribution in [-0.2, 0) is 4.79 Å². The molecule has 110 valence electrons. The number of fused-ring (bicyclic) bond motifs is 1. The highest BCUT2D eigenvalue weighted by molar-refractivity contribution is 6.38. The van der Waals surface area contributed by atoms with Crippen LogP contribution in [0.25, 0.3) is 11.6 Å². The van der Waals surface area contributed by atoms with Crippen molar-refractivity contribution >= 4 is 52.1 Å². The Balaban J connectivity index is 2.17. The molecular formula is C15H8Cl2N2O3. The maximum Gasteiger partial charge on any atom is 0.288 e. The number of carbonyl (C=O) groups is 1. The molecule has 1 N–H and O–H groups in total. The second-order valence-corrected chi connectivity index (χ2v) is 5.45. The van der Waals surface area contributed by atoms with Gasteiger partial charge >= 0.3 is 0 Å². The van der Waals surface area contributed by atoms with Crippen molar-refractivity contribution in [1.82, 2.24) is 0 Å². The molecule has 1 aliphatic rings. The number of benzene rings is 2. The summed E-state index contributed by atoms with van der Waals surface area (Å²) < 4.78 is 0. The van der Waals surface area contributed by atoms with Crippen LogP contribution in [-0.4, -0.2) is 10.8 Å². The minimum Gasteiger partial charge on any atom is -0.321 e. The summed E-state index contributed by atoms with van der Waals surface area (Å²) in [4.78, 5) is 22.5. The Labute approximate surface area is 135 Å². The van der Waals surface area contributed by atoms with E-state index in [2.05, 4.69) is 5.32 Å². The third-order valence-electron chi connectivity index (χ3n) is 3.27. The highest BCUT2D eigenvalue weighted by Crippen LogP contribution is 2.40. The number of nitrogens with one attached hydrogen (secondary N) is 1. The van der Waals surface area contributed by atoms with Crippen LogP contribution in [0.4, 0.5) is 11.4 Å². The van der Waals surface area contributed by atoms with E-state index < -0.39 is 4.92 Å². The van der Waals surface area contributed by atoms with Crippen molar-refractivity contribution in [3.8, 4) is 0 Å². The maximum atomic E-state index is 12.1. The van der Waals surface area contributed by atoms with Gasteiger partial charge in [0.15, 0.2) is 0 Å². The summed E-state index contributed by atoms with van der Waals surface area (Å²) in [5.74, 6) is -0.355. The number of nitro groups is 1. The summed E-state index contributed by atoms with van der Waals surface area (Å²) in [6, 6.07) is 9.68. The Kier molecular flexibility index (Phi) is 3.60. The summed E-state index contributed by atoms with van der Waals surface area (Å²) in [7, 11) is 0. The molecule has 0 atom stereocenters. The first-order chi connectivity index (χ1) is 10.5. The molecule has 7 heteroatoms. The molecule has 1 amide bonds. The second kappa shape index (κ2) is 5.44. The summed E-state index contributed by atoms with van der Waals surface area (Å²) in [5.41, 5.74) is 1.59. The number of nitro benzene ring substituents is 1. The summed E-state index contributed by atoms with van der Waals surface area (Å²) in [6.45, 7) is 0. The van der Waals surface area contributed by atoms with Crippen LogP contribution >= 0.6 is 23.2 Å². The van der Waals surface area contributed by atoms with Gasteiger partial charge in [0.25, 0.3) is 11.6 Å². The number of amides is 1.